The summed E-state index contributed by atoms with van der Waals surface area (Å²) >= 11 is 0. The highest BCUT2D eigenvalue weighted by molar-refractivity contribution is 5.78. The van der Waals surface area contributed by atoms with Crippen molar-refractivity contribution >= 4 is 11.6 Å². The number of amides is 1. The van der Waals surface area contributed by atoms with E-state index in [1.807, 2.05) is 13.0 Å². The van der Waals surface area contributed by atoms with Crippen molar-refractivity contribution in [2.24, 2.45) is 70.5 Å². The minimum Gasteiger partial charge on any atom is -0.370 e. The molecule has 101 heavy (non-hydrogen) atoms. The summed E-state index contributed by atoms with van der Waals surface area (Å²) in [5, 5.41) is 7.21. The van der Waals surface area contributed by atoms with Crippen LogP contribution in [-0.4, -0.2) is 18.2 Å². The highest BCUT2D eigenvalue weighted by atomic mass is 16.1. The van der Waals surface area contributed by atoms with Gasteiger partial charge in [-0.15, -0.1) is 0 Å². The minimum atomic E-state index is -0.185. The summed E-state index contributed by atoms with van der Waals surface area (Å²) in [7, 11) is 0. The second-order valence-electron chi connectivity index (χ2n) is 32.9. The third-order valence-corrected chi connectivity index (χ3v) is 17.1. The SMILES string of the molecule is CC(=N)CCCCCC(C)C.CC(C)CCCC(N)=O.CC(C)CCCCN.CC(C)Cc1ccccc1CN.CCCCC(C)C.CCCCCCC(C)C.CCCCCCCC(C)C.CCc1ccc(C(C)C)cc1.CCc1ccc(CC(C)C)cc1.CCc1cccc(CC(C)C)c1. The maximum absolute atomic E-state index is 10.2. The third kappa shape index (κ3) is 90.1. The highest BCUT2D eigenvalue weighted by Crippen LogP contribution is 2.18. The zero-order valence-corrected chi connectivity index (χ0v) is 73.0. The molecule has 7 N–H and O–H groups in total. The van der Waals surface area contributed by atoms with Crippen molar-refractivity contribution in [1.29, 1.82) is 5.41 Å². The number of nitrogens with two attached hydrogens (primary N) is 3. The molecule has 0 bridgehead atoms. The van der Waals surface area contributed by atoms with Gasteiger partial charge in [0.1, 0.15) is 0 Å². The van der Waals surface area contributed by atoms with Gasteiger partial charge in [0.15, 0.2) is 0 Å². The molecule has 0 saturated carbocycles. The topological polar surface area (TPSA) is 119 Å². The van der Waals surface area contributed by atoms with E-state index in [1.54, 1.807) is 0 Å². The summed E-state index contributed by atoms with van der Waals surface area (Å²) in [5.41, 5.74) is 28.1. The third-order valence-electron chi connectivity index (χ3n) is 17.1. The van der Waals surface area contributed by atoms with Crippen LogP contribution < -0.4 is 17.2 Å². The second-order valence-corrected chi connectivity index (χ2v) is 32.9. The molecule has 0 atom stereocenters. The number of carbonyl (C=O) groups is 1. The van der Waals surface area contributed by atoms with Gasteiger partial charge in [-0.1, -0.05) is 405 Å². The fourth-order valence-corrected chi connectivity index (χ4v) is 10.6. The summed E-state index contributed by atoms with van der Waals surface area (Å²) in [6.07, 6.45) is 39.3. The Kier molecular flexibility index (Phi) is 83.9. The van der Waals surface area contributed by atoms with Crippen LogP contribution >= 0.6 is 0 Å². The summed E-state index contributed by atoms with van der Waals surface area (Å²) in [4.78, 5) is 10.2. The lowest BCUT2D eigenvalue weighted by atomic mass is 9.98. The predicted molar refractivity (Wildman–Crippen MR) is 465 cm³/mol. The van der Waals surface area contributed by atoms with Gasteiger partial charge >= 0.3 is 0 Å². The maximum Gasteiger partial charge on any atom is 0.217 e. The van der Waals surface area contributed by atoms with Crippen molar-refractivity contribution in [3.63, 3.8) is 0 Å². The van der Waals surface area contributed by atoms with Crippen LogP contribution in [-0.2, 0) is 49.9 Å². The zero-order valence-electron chi connectivity index (χ0n) is 73.0. The fourth-order valence-electron chi connectivity index (χ4n) is 10.6. The van der Waals surface area contributed by atoms with Crippen molar-refractivity contribution in [2.45, 2.75) is 398 Å². The standard InChI is InChI=1S/2C12H18.C11H17N.C11H16.C10H21N.C10H22.C9H20.C7H15NO.C7H17N.C7H16/c1-4-11-5-7-12(8-6-11)9-10(2)3;1-4-11-6-5-7-12(9-11)8-10(2)3;1-9(2)7-10-5-3-4-6-11(10)8-12;1-4-10-5-7-11(8-6-10)9(2)3;1-9(2)7-5-4-6-8-10(3)11;1-4-5-6-7-8-9-10(2)3;1-4-5-6-7-8-9(2)3;1-6(2)4-3-5-7(8)9;1-7(2)5-3-4-6-8;1-4-5-6-7(2)3/h5-8,10H,4,9H2,1-3H3;5-7,9-10H,4,8H2,1-3H3;3-6,9H,7-8,12H2,1-2H3;5-9H,4H2,1-3H3;9,11H,4-8H2,1-3H3;10H,4-9H2,1-3H3;9H,4-8H2,1-3H3;6H,3-5H2,1-2H3,(H2,8,9);7H,3-6,8H2,1-2H3;7H,4-6H2,1-3H3. The molecule has 0 heterocycles. The quantitative estimate of drug-likeness (QED) is 0.0263. The molecule has 4 aromatic rings. The van der Waals surface area contributed by atoms with Crippen LogP contribution in [0, 0.1) is 58.7 Å². The monoisotopic (exact) mass is 1410 g/mol. The molecule has 0 aliphatic carbocycles. The molecule has 5 nitrogen and oxygen atoms in total. The summed E-state index contributed by atoms with van der Waals surface area (Å²) in [6, 6.07) is 35.2. The van der Waals surface area contributed by atoms with E-state index in [4.69, 9.17) is 22.6 Å². The molecule has 590 valence electrons. The van der Waals surface area contributed by atoms with Crippen LogP contribution in [0.25, 0.3) is 0 Å². The van der Waals surface area contributed by atoms with E-state index in [0.717, 1.165) is 98.6 Å². The molecule has 0 spiro atoms. The van der Waals surface area contributed by atoms with Crippen molar-refractivity contribution in [3.8, 4) is 0 Å². The molecule has 0 aliphatic heterocycles. The molecule has 0 aliphatic rings. The Morgan fingerprint density at radius 2 is 0.683 bits per heavy atom. The lowest BCUT2D eigenvalue weighted by Crippen LogP contribution is -2.09. The molecule has 4 rings (SSSR count). The molecular formula is C96H180N4O. The number of hydrogen-bond acceptors (Lipinski definition) is 4. The van der Waals surface area contributed by atoms with Gasteiger partial charge in [0.25, 0.3) is 0 Å². The summed E-state index contributed by atoms with van der Waals surface area (Å²) < 4.78 is 0. The molecule has 1 amide bonds. The fraction of sp³-hybridized carbons (Fsp3) is 0.729. The Morgan fingerprint density at radius 3 is 1.04 bits per heavy atom. The van der Waals surface area contributed by atoms with E-state index >= 15 is 0 Å². The van der Waals surface area contributed by atoms with Crippen LogP contribution in [0.3, 0.4) is 0 Å². The molecule has 0 aromatic heterocycles. The molecule has 0 radical (unpaired) electrons. The lowest BCUT2D eigenvalue weighted by Gasteiger charge is -2.09. The van der Waals surface area contributed by atoms with Crippen molar-refractivity contribution < 1.29 is 4.79 Å². The van der Waals surface area contributed by atoms with Gasteiger partial charge in [-0.2, -0.15) is 0 Å². The minimum absolute atomic E-state index is 0.185. The first-order valence-electron chi connectivity index (χ1n) is 42.3. The number of hydrogen-bond donors (Lipinski definition) is 4. The van der Waals surface area contributed by atoms with Crippen LogP contribution in [0.2, 0.25) is 0 Å². The second kappa shape index (κ2) is 78.5. The highest BCUT2D eigenvalue weighted by Gasteiger charge is 2.04. The Bertz CT molecular complexity index is 2280. The van der Waals surface area contributed by atoms with Crippen LogP contribution in [0.15, 0.2) is 97.1 Å². The van der Waals surface area contributed by atoms with Crippen molar-refractivity contribution in [2.75, 3.05) is 6.54 Å². The Morgan fingerprint density at radius 1 is 0.337 bits per heavy atom. The number of carbonyl (C=O) groups excluding carboxylic acids is 1. The molecule has 5 heteroatoms. The van der Waals surface area contributed by atoms with E-state index in [9.17, 15) is 4.79 Å². The number of rotatable bonds is 39. The first kappa shape index (κ1) is 108. The first-order valence-corrected chi connectivity index (χ1v) is 42.3. The van der Waals surface area contributed by atoms with Gasteiger partial charge < -0.3 is 22.6 Å². The molecular weight excluding hydrogens is 1230 g/mol. The largest absolute Gasteiger partial charge is 0.370 e. The van der Waals surface area contributed by atoms with Crippen molar-refractivity contribution in [3.05, 3.63) is 142 Å². The molecule has 0 fully saturated rings. The van der Waals surface area contributed by atoms with E-state index in [1.165, 1.54) is 192 Å². The number of aryl methyl sites for hydroxylation is 3. The smallest absolute Gasteiger partial charge is 0.217 e. The Hall–Kier alpha value is -4.06. The Labute approximate surface area is 635 Å². The number of unbranched alkanes of at least 4 members (excludes halogenated alkanes) is 11. The summed E-state index contributed by atoms with van der Waals surface area (Å²) in [6.45, 7) is 61.7. The van der Waals surface area contributed by atoms with Gasteiger partial charge in [-0.25, -0.2) is 0 Å². The van der Waals surface area contributed by atoms with E-state index in [0.29, 0.717) is 30.7 Å². The summed E-state index contributed by atoms with van der Waals surface area (Å²) in [5.74, 6) is 7.79. The van der Waals surface area contributed by atoms with Crippen LogP contribution in [0.4, 0.5) is 0 Å². The average molecular weight is 1410 g/mol. The maximum atomic E-state index is 10.2. The van der Waals surface area contributed by atoms with Crippen molar-refractivity contribution in [1.82, 2.24) is 0 Å². The van der Waals surface area contributed by atoms with E-state index < -0.39 is 0 Å². The Balaban J connectivity index is -0.000000249. The molecule has 0 unspecified atom stereocenters. The van der Waals surface area contributed by atoms with Crippen LogP contribution in [0.1, 0.15) is 398 Å². The first-order chi connectivity index (χ1) is 47.7. The van der Waals surface area contributed by atoms with E-state index in [2.05, 4.69) is 271 Å². The van der Waals surface area contributed by atoms with Gasteiger partial charge in [0, 0.05) is 18.7 Å². The average Bonchev–Trinajstić information content (AvgIpc) is 0.947. The number of primary amides is 1. The molecule has 4 aromatic carbocycles. The normalized spacial score (nSPS) is 10.6. The van der Waals surface area contributed by atoms with Crippen LogP contribution in [0.5, 0.6) is 0 Å². The number of nitrogens with one attached hydrogen (secondary N) is 1. The zero-order chi connectivity index (χ0) is 78.2. The van der Waals surface area contributed by atoms with Gasteiger partial charge in [0.2, 0.25) is 5.91 Å². The van der Waals surface area contributed by atoms with Gasteiger partial charge in [-0.3, -0.25) is 4.79 Å². The molecule has 0 saturated heterocycles. The van der Waals surface area contributed by atoms with Gasteiger partial charge in [0.05, 0.1) is 0 Å². The lowest BCUT2D eigenvalue weighted by molar-refractivity contribution is -0.118. The van der Waals surface area contributed by atoms with Gasteiger partial charge in [-0.05, 0) is 181 Å². The predicted octanol–water partition coefficient (Wildman–Crippen LogP) is 29.8. The van der Waals surface area contributed by atoms with E-state index in [-0.39, 0.29) is 5.91 Å². The number of benzene rings is 4.